The number of benzene rings is 2. The first kappa shape index (κ1) is 15.0. The number of nitrogens with one attached hydrogen (secondary N) is 1. The van der Waals surface area contributed by atoms with E-state index in [0.29, 0.717) is 17.6 Å². The van der Waals surface area contributed by atoms with Gasteiger partial charge < -0.3 is 10.4 Å². The van der Waals surface area contributed by atoms with Crippen LogP contribution in [0.2, 0.25) is 5.02 Å². The van der Waals surface area contributed by atoms with E-state index in [1.807, 2.05) is 30.3 Å². The lowest BCUT2D eigenvalue weighted by atomic mass is 10.1. The lowest BCUT2D eigenvalue weighted by Gasteiger charge is -2.17. The average Bonchev–Trinajstić information content (AvgIpc) is 2.46. The van der Waals surface area contributed by atoms with Crippen LogP contribution in [-0.4, -0.2) is 17.7 Å². The Hall–Kier alpha value is -1.35. The van der Waals surface area contributed by atoms with E-state index in [1.165, 1.54) is 5.56 Å². The van der Waals surface area contributed by atoms with Crippen molar-refractivity contribution < 1.29 is 5.11 Å². The zero-order chi connectivity index (χ0) is 14.4. The summed E-state index contributed by atoms with van der Waals surface area (Å²) in [5.41, 5.74) is 2.18. The minimum absolute atomic E-state index is 0.319. The van der Waals surface area contributed by atoms with Crippen molar-refractivity contribution in [1.29, 1.82) is 0 Å². The van der Waals surface area contributed by atoms with Crippen molar-refractivity contribution in [3.05, 3.63) is 70.7 Å². The maximum Gasteiger partial charge on any atom is 0.0914 e. The molecule has 2 nitrogen and oxygen atoms in total. The minimum atomic E-state index is -0.509. The van der Waals surface area contributed by atoms with Gasteiger partial charge in [-0.05, 0) is 36.6 Å². The Kier molecular flexibility index (Phi) is 5.60. The van der Waals surface area contributed by atoms with Gasteiger partial charge in [0, 0.05) is 17.6 Å². The molecule has 0 aromatic heterocycles. The molecule has 0 radical (unpaired) electrons. The molecule has 0 aliphatic rings. The molecule has 0 saturated carbocycles. The smallest absolute Gasteiger partial charge is 0.0914 e. The zero-order valence-corrected chi connectivity index (χ0v) is 12.3. The third-order valence-corrected chi connectivity index (χ3v) is 3.55. The minimum Gasteiger partial charge on any atom is -0.387 e. The molecular weight excluding hydrogens is 270 g/mol. The van der Waals surface area contributed by atoms with Gasteiger partial charge in [0.15, 0.2) is 0 Å². The standard InChI is InChI=1S/C17H20ClNO/c1-13(11-14-5-3-2-4-6-14)19-12-17(20)15-7-9-16(18)10-8-15/h2-10,13,17,19-20H,11-12H2,1H3. The first-order valence-corrected chi connectivity index (χ1v) is 7.24. The maximum atomic E-state index is 10.1. The molecule has 0 bridgehead atoms. The fraction of sp³-hybridized carbons (Fsp3) is 0.294. The molecule has 2 rings (SSSR count). The van der Waals surface area contributed by atoms with Gasteiger partial charge >= 0.3 is 0 Å². The Labute approximate surface area is 125 Å². The second-order valence-corrected chi connectivity index (χ2v) is 5.50. The highest BCUT2D eigenvalue weighted by Crippen LogP contribution is 2.16. The lowest BCUT2D eigenvalue weighted by molar-refractivity contribution is 0.170. The van der Waals surface area contributed by atoms with E-state index in [4.69, 9.17) is 11.6 Å². The van der Waals surface area contributed by atoms with Gasteiger partial charge in [0.2, 0.25) is 0 Å². The molecule has 0 fully saturated rings. The summed E-state index contributed by atoms with van der Waals surface area (Å²) in [6.45, 7) is 2.66. The van der Waals surface area contributed by atoms with Gasteiger partial charge in [-0.3, -0.25) is 0 Å². The molecule has 20 heavy (non-hydrogen) atoms. The van der Waals surface area contributed by atoms with Crippen molar-refractivity contribution in [1.82, 2.24) is 5.32 Å². The van der Waals surface area contributed by atoms with E-state index in [0.717, 1.165) is 12.0 Å². The monoisotopic (exact) mass is 289 g/mol. The molecule has 0 spiro atoms. The molecule has 2 atom stereocenters. The third kappa shape index (κ3) is 4.64. The Morgan fingerprint density at radius 2 is 1.70 bits per heavy atom. The van der Waals surface area contributed by atoms with Crippen molar-refractivity contribution in [3.8, 4) is 0 Å². The summed E-state index contributed by atoms with van der Waals surface area (Å²) in [6.07, 6.45) is 0.444. The predicted octanol–water partition coefficient (Wildman–Crippen LogP) is 3.59. The van der Waals surface area contributed by atoms with Crippen LogP contribution in [0.3, 0.4) is 0 Å². The van der Waals surface area contributed by atoms with Crippen LogP contribution in [0.5, 0.6) is 0 Å². The first-order chi connectivity index (χ1) is 9.65. The van der Waals surface area contributed by atoms with E-state index in [9.17, 15) is 5.11 Å². The van der Waals surface area contributed by atoms with Crippen LogP contribution >= 0.6 is 11.6 Å². The predicted molar refractivity (Wildman–Crippen MR) is 84.0 cm³/mol. The molecule has 2 unspecified atom stereocenters. The van der Waals surface area contributed by atoms with Gasteiger partial charge in [-0.25, -0.2) is 0 Å². The van der Waals surface area contributed by atoms with Crippen molar-refractivity contribution in [3.63, 3.8) is 0 Å². The summed E-state index contributed by atoms with van der Waals surface area (Å²) in [7, 11) is 0. The van der Waals surface area contributed by atoms with Crippen LogP contribution in [0.15, 0.2) is 54.6 Å². The Bertz CT molecular complexity index is 512. The van der Waals surface area contributed by atoms with E-state index in [2.05, 4.69) is 24.4 Å². The Balaban J connectivity index is 1.81. The Morgan fingerprint density at radius 1 is 1.05 bits per heavy atom. The normalized spacial score (nSPS) is 13.9. The average molecular weight is 290 g/mol. The molecule has 106 valence electrons. The van der Waals surface area contributed by atoms with E-state index in [1.54, 1.807) is 12.1 Å². The number of aliphatic hydroxyl groups excluding tert-OH is 1. The number of hydrogen-bond acceptors (Lipinski definition) is 2. The SMILES string of the molecule is CC(Cc1ccccc1)NCC(O)c1ccc(Cl)cc1. The van der Waals surface area contributed by atoms with Crippen LogP contribution in [-0.2, 0) is 6.42 Å². The van der Waals surface area contributed by atoms with Crippen LogP contribution in [0.25, 0.3) is 0 Å². The molecule has 3 heteroatoms. The second-order valence-electron chi connectivity index (χ2n) is 5.07. The van der Waals surface area contributed by atoms with E-state index < -0.39 is 6.10 Å². The number of rotatable bonds is 6. The molecule has 0 aliphatic heterocycles. The molecule has 2 aromatic rings. The van der Waals surface area contributed by atoms with Crippen molar-refractivity contribution in [2.75, 3.05) is 6.54 Å². The number of halogens is 1. The van der Waals surface area contributed by atoms with E-state index in [-0.39, 0.29) is 0 Å². The zero-order valence-electron chi connectivity index (χ0n) is 11.6. The van der Waals surface area contributed by atoms with E-state index >= 15 is 0 Å². The largest absolute Gasteiger partial charge is 0.387 e. The van der Waals surface area contributed by atoms with Gasteiger partial charge in [-0.2, -0.15) is 0 Å². The summed E-state index contributed by atoms with van der Waals surface area (Å²) >= 11 is 5.84. The summed E-state index contributed by atoms with van der Waals surface area (Å²) in [4.78, 5) is 0. The number of hydrogen-bond donors (Lipinski definition) is 2. The highest BCUT2D eigenvalue weighted by atomic mass is 35.5. The molecule has 0 aliphatic carbocycles. The summed E-state index contributed by atoms with van der Waals surface area (Å²) in [5, 5.41) is 14.2. The maximum absolute atomic E-state index is 10.1. The van der Waals surface area contributed by atoms with Crippen LogP contribution < -0.4 is 5.32 Å². The van der Waals surface area contributed by atoms with Crippen molar-refractivity contribution in [2.24, 2.45) is 0 Å². The fourth-order valence-corrected chi connectivity index (χ4v) is 2.28. The quantitative estimate of drug-likeness (QED) is 0.852. The lowest BCUT2D eigenvalue weighted by Crippen LogP contribution is -2.32. The van der Waals surface area contributed by atoms with Crippen LogP contribution in [0.4, 0.5) is 0 Å². The molecule has 0 heterocycles. The second kappa shape index (κ2) is 7.44. The number of aliphatic hydroxyl groups is 1. The third-order valence-electron chi connectivity index (χ3n) is 3.30. The topological polar surface area (TPSA) is 32.3 Å². The van der Waals surface area contributed by atoms with Gasteiger partial charge in [0.1, 0.15) is 0 Å². The van der Waals surface area contributed by atoms with Gasteiger partial charge in [0.25, 0.3) is 0 Å². The summed E-state index contributed by atoms with van der Waals surface area (Å²) < 4.78 is 0. The van der Waals surface area contributed by atoms with Gasteiger partial charge in [-0.1, -0.05) is 54.1 Å². The molecule has 0 amide bonds. The highest BCUT2D eigenvalue weighted by Gasteiger charge is 2.09. The van der Waals surface area contributed by atoms with Crippen LogP contribution in [0.1, 0.15) is 24.2 Å². The highest BCUT2D eigenvalue weighted by molar-refractivity contribution is 6.30. The summed E-state index contributed by atoms with van der Waals surface area (Å²) in [6, 6.07) is 18.0. The first-order valence-electron chi connectivity index (χ1n) is 6.86. The molecule has 2 N–H and O–H groups in total. The Morgan fingerprint density at radius 3 is 2.35 bits per heavy atom. The fourth-order valence-electron chi connectivity index (χ4n) is 2.16. The van der Waals surface area contributed by atoms with Crippen molar-refractivity contribution >= 4 is 11.6 Å². The summed E-state index contributed by atoms with van der Waals surface area (Å²) in [5.74, 6) is 0. The molecule has 0 saturated heterocycles. The molecule has 2 aromatic carbocycles. The van der Waals surface area contributed by atoms with Crippen molar-refractivity contribution in [2.45, 2.75) is 25.5 Å². The van der Waals surface area contributed by atoms with Gasteiger partial charge in [-0.15, -0.1) is 0 Å². The van der Waals surface area contributed by atoms with Crippen LogP contribution in [0, 0.1) is 0 Å². The molecular formula is C17H20ClNO. The van der Waals surface area contributed by atoms with Gasteiger partial charge in [0.05, 0.1) is 6.10 Å².